The van der Waals surface area contributed by atoms with Crippen molar-refractivity contribution < 1.29 is 27.4 Å². The minimum atomic E-state index is -3.78. The van der Waals surface area contributed by atoms with E-state index in [9.17, 15) is 13.2 Å². The first-order valence-corrected chi connectivity index (χ1v) is 9.46. The number of ether oxygens (including phenoxy) is 3. The van der Waals surface area contributed by atoms with Crippen molar-refractivity contribution in [2.75, 3.05) is 28.4 Å². The van der Waals surface area contributed by atoms with Crippen LogP contribution < -0.4 is 24.2 Å². The van der Waals surface area contributed by atoms with Crippen LogP contribution in [0.5, 0.6) is 17.2 Å². The maximum absolute atomic E-state index is 12.5. The average molecular weight is 394 g/mol. The molecule has 0 aromatic heterocycles. The summed E-state index contributed by atoms with van der Waals surface area (Å²) in [6.45, 7) is 0.145. The van der Waals surface area contributed by atoms with Gasteiger partial charge in [0.05, 0.1) is 33.4 Å². The Morgan fingerprint density at radius 2 is 1.56 bits per heavy atom. The number of hydrogen-bond acceptors (Lipinski definition) is 6. The number of sulfonamides is 1. The molecule has 0 aliphatic rings. The summed E-state index contributed by atoms with van der Waals surface area (Å²) in [5, 5.41) is 2.74. The third-order valence-corrected chi connectivity index (χ3v) is 5.38. The molecule has 0 aliphatic heterocycles. The van der Waals surface area contributed by atoms with Crippen molar-refractivity contribution >= 4 is 15.9 Å². The van der Waals surface area contributed by atoms with Gasteiger partial charge < -0.3 is 19.5 Å². The minimum Gasteiger partial charge on any atom is -0.496 e. The van der Waals surface area contributed by atoms with Crippen molar-refractivity contribution in [2.24, 2.45) is 0 Å². The SMILES string of the molecule is CNS(=O)(=O)c1cc(C(=O)NCc2c(OC)cccc2OC)ccc1OC. The molecule has 1 amide bonds. The predicted molar refractivity (Wildman–Crippen MR) is 100.0 cm³/mol. The molecule has 0 radical (unpaired) electrons. The molecular weight excluding hydrogens is 372 g/mol. The lowest BCUT2D eigenvalue weighted by molar-refractivity contribution is 0.0950. The Hall–Kier alpha value is -2.78. The van der Waals surface area contributed by atoms with Gasteiger partial charge in [0, 0.05) is 5.56 Å². The Labute approximate surface area is 158 Å². The molecule has 2 aromatic carbocycles. The molecule has 0 fully saturated rings. The summed E-state index contributed by atoms with van der Waals surface area (Å²) in [5.74, 6) is 0.844. The van der Waals surface area contributed by atoms with Gasteiger partial charge >= 0.3 is 0 Å². The monoisotopic (exact) mass is 394 g/mol. The molecule has 27 heavy (non-hydrogen) atoms. The first kappa shape index (κ1) is 20.5. The zero-order valence-corrected chi connectivity index (χ0v) is 16.3. The van der Waals surface area contributed by atoms with Gasteiger partial charge in [0.2, 0.25) is 10.0 Å². The van der Waals surface area contributed by atoms with E-state index in [4.69, 9.17) is 14.2 Å². The highest BCUT2D eigenvalue weighted by atomic mass is 32.2. The normalized spacial score (nSPS) is 11.0. The highest BCUT2D eigenvalue weighted by Gasteiger charge is 2.20. The van der Waals surface area contributed by atoms with Gasteiger partial charge in [-0.2, -0.15) is 0 Å². The molecule has 0 spiro atoms. The van der Waals surface area contributed by atoms with E-state index in [0.717, 1.165) is 0 Å². The van der Waals surface area contributed by atoms with Gasteiger partial charge in [-0.05, 0) is 37.4 Å². The minimum absolute atomic E-state index is 0.116. The molecule has 2 N–H and O–H groups in total. The van der Waals surface area contributed by atoms with Crippen molar-refractivity contribution in [1.29, 1.82) is 0 Å². The fraction of sp³-hybridized carbons (Fsp3) is 0.278. The van der Waals surface area contributed by atoms with Crippen LogP contribution in [-0.2, 0) is 16.6 Å². The maximum atomic E-state index is 12.5. The zero-order valence-electron chi connectivity index (χ0n) is 15.5. The van der Waals surface area contributed by atoms with Gasteiger partial charge in [-0.15, -0.1) is 0 Å². The fourth-order valence-electron chi connectivity index (χ4n) is 2.51. The second-order valence-electron chi connectivity index (χ2n) is 5.40. The van der Waals surface area contributed by atoms with E-state index in [-0.39, 0.29) is 22.8 Å². The number of rotatable bonds is 8. The molecule has 2 rings (SSSR count). The largest absolute Gasteiger partial charge is 0.496 e. The quantitative estimate of drug-likeness (QED) is 0.704. The molecule has 0 aliphatic carbocycles. The van der Waals surface area contributed by atoms with Crippen molar-refractivity contribution in [1.82, 2.24) is 10.0 Å². The fourth-order valence-corrected chi connectivity index (χ4v) is 3.43. The number of carbonyl (C=O) groups excluding carboxylic acids is 1. The van der Waals surface area contributed by atoms with Crippen molar-refractivity contribution in [2.45, 2.75) is 11.4 Å². The second-order valence-corrected chi connectivity index (χ2v) is 7.25. The summed E-state index contributed by atoms with van der Waals surface area (Å²) in [5.41, 5.74) is 0.853. The Balaban J connectivity index is 2.29. The second kappa shape index (κ2) is 8.74. The molecule has 0 atom stereocenters. The number of hydrogen-bond donors (Lipinski definition) is 2. The molecule has 0 saturated carbocycles. The first-order chi connectivity index (χ1) is 12.9. The summed E-state index contributed by atoms with van der Waals surface area (Å²) in [4.78, 5) is 12.4. The van der Waals surface area contributed by atoms with E-state index in [0.29, 0.717) is 17.1 Å². The van der Waals surface area contributed by atoms with E-state index in [2.05, 4.69) is 10.0 Å². The third kappa shape index (κ3) is 4.50. The van der Waals surface area contributed by atoms with Crippen LogP contribution in [0.25, 0.3) is 0 Å². The molecule has 0 heterocycles. The van der Waals surface area contributed by atoms with Crippen molar-refractivity contribution in [3.05, 3.63) is 47.5 Å². The lowest BCUT2D eigenvalue weighted by Gasteiger charge is -2.14. The lowest BCUT2D eigenvalue weighted by Crippen LogP contribution is -2.25. The summed E-state index contributed by atoms with van der Waals surface area (Å²) in [6, 6.07) is 9.48. The van der Waals surface area contributed by atoms with Crippen LogP contribution in [0.1, 0.15) is 15.9 Å². The van der Waals surface area contributed by atoms with Crippen LogP contribution in [0, 0.1) is 0 Å². The average Bonchev–Trinajstić information content (AvgIpc) is 2.70. The highest BCUT2D eigenvalue weighted by molar-refractivity contribution is 7.89. The van der Waals surface area contributed by atoms with Crippen LogP contribution in [0.15, 0.2) is 41.3 Å². The number of carbonyl (C=O) groups is 1. The van der Waals surface area contributed by atoms with Crippen molar-refractivity contribution in [3.63, 3.8) is 0 Å². The Morgan fingerprint density at radius 3 is 2.07 bits per heavy atom. The molecule has 0 bridgehead atoms. The molecule has 0 unspecified atom stereocenters. The Morgan fingerprint density at radius 1 is 0.963 bits per heavy atom. The van der Waals surface area contributed by atoms with Crippen molar-refractivity contribution in [3.8, 4) is 17.2 Å². The number of benzene rings is 2. The molecule has 9 heteroatoms. The Bertz CT molecular complexity index is 905. The molecule has 0 saturated heterocycles. The molecule has 2 aromatic rings. The van der Waals surface area contributed by atoms with E-state index in [1.165, 1.54) is 46.6 Å². The molecule has 8 nitrogen and oxygen atoms in total. The number of amides is 1. The van der Waals surface area contributed by atoms with E-state index >= 15 is 0 Å². The van der Waals surface area contributed by atoms with Gasteiger partial charge in [0.15, 0.2) is 0 Å². The smallest absolute Gasteiger partial charge is 0.251 e. The van der Waals surface area contributed by atoms with Crippen LogP contribution in [0.4, 0.5) is 0 Å². The lowest BCUT2D eigenvalue weighted by atomic mass is 10.1. The van der Waals surface area contributed by atoms with Crippen LogP contribution in [0.2, 0.25) is 0 Å². The van der Waals surface area contributed by atoms with E-state index in [1.54, 1.807) is 18.2 Å². The van der Waals surface area contributed by atoms with E-state index in [1.807, 2.05) is 0 Å². The van der Waals surface area contributed by atoms with Gasteiger partial charge in [0.1, 0.15) is 22.1 Å². The van der Waals surface area contributed by atoms with E-state index < -0.39 is 15.9 Å². The summed E-state index contributed by atoms with van der Waals surface area (Å²) >= 11 is 0. The molecular formula is C18H22N2O6S. The van der Waals surface area contributed by atoms with Crippen LogP contribution in [-0.4, -0.2) is 42.7 Å². The highest BCUT2D eigenvalue weighted by Crippen LogP contribution is 2.28. The standard InChI is InChI=1S/C18H22N2O6S/c1-19-27(22,23)17-10-12(8-9-16(17)26-4)18(21)20-11-13-14(24-2)6-5-7-15(13)25-3/h5-10,19H,11H2,1-4H3,(H,20,21). The summed E-state index contributed by atoms with van der Waals surface area (Å²) in [6.07, 6.45) is 0. The molecule has 146 valence electrons. The van der Waals surface area contributed by atoms with Crippen LogP contribution >= 0.6 is 0 Å². The topological polar surface area (TPSA) is 103 Å². The number of methoxy groups -OCH3 is 3. The predicted octanol–water partition coefficient (Wildman–Crippen LogP) is 1.55. The Kier molecular flexibility index (Phi) is 6.65. The number of nitrogens with one attached hydrogen (secondary N) is 2. The van der Waals surface area contributed by atoms with Crippen LogP contribution in [0.3, 0.4) is 0 Å². The summed E-state index contributed by atoms with van der Waals surface area (Å²) < 4.78 is 42.2. The first-order valence-electron chi connectivity index (χ1n) is 7.97. The zero-order chi connectivity index (χ0) is 20.0. The summed E-state index contributed by atoms with van der Waals surface area (Å²) in [7, 11) is 1.92. The maximum Gasteiger partial charge on any atom is 0.251 e. The van der Waals surface area contributed by atoms with Gasteiger partial charge in [-0.1, -0.05) is 6.07 Å². The van der Waals surface area contributed by atoms with Gasteiger partial charge in [0.25, 0.3) is 5.91 Å². The van der Waals surface area contributed by atoms with Gasteiger partial charge in [-0.25, -0.2) is 13.1 Å². The third-order valence-electron chi connectivity index (χ3n) is 3.94. The van der Waals surface area contributed by atoms with Gasteiger partial charge in [-0.3, -0.25) is 4.79 Å².